The highest BCUT2D eigenvalue weighted by molar-refractivity contribution is 5.79. The molecule has 1 amide bonds. The summed E-state index contributed by atoms with van der Waals surface area (Å²) in [6.45, 7) is 3.95. The minimum absolute atomic E-state index is 0.152. The molecule has 0 bridgehead atoms. The van der Waals surface area contributed by atoms with Gasteiger partial charge in [0.15, 0.2) is 0 Å². The monoisotopic (exact) mass is 262 g/mol. The number of hydrogen-bond acceptors (Lipinski definition) is 3. The molecule has 0 unspecified atom stereocenters. The summed E-state index contributed by atoms with van der Waals surface area (Å²) in [7, 11) is 0. The average Bonchev–Trinajstić information content (AvgIpc) is 3.20. The van der Waals surface area contributed by atoms with Gasteiger partial charge in [-0.1, -0.05) is 19.1 Å². The summed E-state index contributed by atoms with van der Waals surface area (Å²) in [4.78, 5) is 14.1. The Kier molecular flexibility index (Phi) is 4.80. The third kappa shape index (κ3) is 4.24. The summed E-state index contributed by atoms with van der Waals surface area (Å²) in [6.07, 6.45) is 3.22. The molecule has 0 radical (unpaired) electrons. The number of hydrogen-bond donors (Lipinski definition) is 2. The summed E-state index contributed by atoms with van der Waals surface area (Å²) in [6, 6.07) is 7.52. The molecule has 2 N–H and O–H groups in total. The van der Waals surface area contributed by atoms with Crippen molar-refractivity contribution < 1.29 is 9.90 Å². The molecule has 1 aromatic rings. The number of aromatic hydroxyl groups is 1. The molecule has 2 rings (SSSR count). The molecule has 1 aromatic carbocycles. The van der Waals surface area contributed by atoms with Crippen LogP contribution in [0.2, 0.25) is 0 Å². The van der Waals surface area contributed by atoms with Gasteiger partial charge >= 0.3 is 0 Å². The molecule has 4 heteroatoms. The Balaban J connectivity index is 1.94. The largest absolute Gasteiger partial charge is 0.508 e. The van der Waals surface area contributed by atoms with Crippen molar-refractivity contribution >= 4 is 5.91 Å². The van der Waals surface area contributed by atoms with Crippen LogP contribution in [0, 0.1) is 0 Å². The van der Waals surface area contributed by atoms with E-state index in [1.54, 1.807) is 12.1 Å². The van der Waals surface area contributed by atoms with Gasteiger partial charge in [-0.25, -0.2) is 0 Å². The Hall–Kier alpha value is -1.55. The summed E-state index contributed by atoms with van der Waals surface area (Å²) >= 11 is 0. The van der Waals surface area contributed by atoms with Crippen LogP contribution in [0.25, 0.3) is 0 Å². The van der Waals surface area contributed by atoms with Crippen LogP contribution in [0.1, 0.15) is 31.7 Å². The molecule has 0 atom stereocenters. The molecule has 1 saturated carbocycles. The van der Waals surface area contributed by atoms with E-state index in [1.807, 2.05) is 17.0 Å². The zero-order chi connectivity index (χ0) is 13.7. The maximum Gasteiger partial charge on any atom is 0.237 e. The van der Waals surface area contributed by atoms with Gasteiger partial charge in [0.25, 0.3) is 0 Å². The van der Waals surface area contributed by atoms with Gasteiger partial charge in [0.1, 0.15) is 5.75 Å². The van der Waals surface area contributed by atoms with E-state index < -0.39 is 0 Å². The standard InChI is InChI=1S/C15H22N2O2/c1-2-8-16-10-15(19)17(13-6-7-13)11-12-4-3-5-14(18)9-12/h3-5,9,13,16,18H,2,6-8,10-11H2,1H3. The van der Waals surface area contributed by atoms with Gasteiger partial charge < -0.3 is 15.3 Å². The normalized spacial score (nSPS) is 14.4. The van der Waals surface area contributed by atoms with Crippen molar-refractivity contribution in [2.24, 2.45) is 0 Å². The van der Waals surface area contributed by atoms with Crippen molar-refractivity contribution in [1.82, 2.24) is 10.2 Å². The van der Waals surface area contributed by atoms with E-state index >= 15 is 0 Å². The first-order chi connectivity index (χ1) is 9.20. The van der Waals surface area contributed by atoms with Gasteiger partial charge in [-0.15, -0.1) is 0 Å². The van der Waals surface area contributed by atoms with Crippen LogP contribution in [-0.4, -0.2) is 35.0 Å². The highest BCUT2D eigenvalue weighted by Crippen LogP contribution is 2.28. The van der Waals surface area contributed by atoms with Crippen molar-refractivity contribution in [1.29, 1.82) is 0 Å². The van der Waals surface area contributed by atoms with E-state index in [1.165, 1.54) is 0 Å². The lowest BCUT2D eigenvalue weighted by atomic mass is 10.2. The lowest BCUT2D eigenvalue weighted by molar-refractivity contribution is -0.131. The van der Waals surface area contributed by atoms with Crippen LogP contribution >= 0.6 is 0 Å². The summed E-state index contributed by atoms with van der Waals surface area (Å²) in [5, 5.41) is 12.6. The molecule has 19 heavy (non-hydrogen) atoms. The van der Waals surface area contributed by atoms with E-state index in [4.69, 9.17) is 0 Å². The molecule has 4 nitrogen and oxygen atoms in total. The zero-order valence-corrected chi connectivity index (χ0v) is 11.4. The second kappa shape index (κ2) is 6.57. The van der Waals surface area contributed by atoms with Crippen LogP contribution in [0.5, 0.6) is 5.75 Å². The lowest BCUT2D eigenvalue weighted by Gasteiger charge is -2.23. The predicted octanol–water partition coefficient (Wildman–Crippen LogP) is 1.88. The van der Waals surface area contributed by atoms with Crippen LogP contribution in [-0.2, 0) is 11.3 Å². The molecule has 0 heterocycles. The van der Waals surface area contributed by atoms with Crippen LogP contribution in [0.15, 0.2) is 24.3 Å². The number of phenolic OH excluding ortho intramolecular Hbond substituents is 1. The summed E-state index contributed by atoms with van der Waals surface area (Å²) in [5.74, 6) is 0.407. The number of carbonyl (C=O) groups is 1. The van der Waals surface area contributed by atoms with Crippen molar-refractivity contribution in [2.45, 2.75) is 38.8 Å². The first kappa shape index (κ1) is 13.9. The number of carbonyl (C=O) groups excluding carboxylic acids is 1. The lowest BCUT2D eigenvalue weighted by Crippen LogP contribution is -2.39. The summed E-state index contributed by atoms with van der Waals surface area (Å²) < 4.78 is 0. The first-order valence-corrected chi connectivity index (χ1v) is 6.98. The molecule has 0 aliphatic heterocycles. The molecule has 0 saturated heterocycles. The fraction of sp³-hybridized carbons (Fsp3) is 0.533. The Morgan fingerprint density at radius 2 is 2.26 bits per heavy atom. The van der Waals surface area contributed by atoms with Crippen molar-refractivity contribution in [3.8, 4) is 5.75 Å². The van der Waals surface area contributed by atoms with Gasteiger partial charge in [-0.3, -0.25) is 4.79 Å². The third-order valence-electron chi connectivity index (χ3n) is 3.27. The van der Waals surface area contributed by atoms with Gasteiger partial charge in [0.05, 0.1) is 6.54 Å². The molecule has 104 valence electrons. The fourth-order valence-corrected chi connectivity index (χ4v) is 2.13. The van der Waals surface area contributed by atoms with Gasteiger partial charge in [0.2, 0.25) is 5.91 Å². The number of benzene rings is 1. The van der Waals surface area contributed by atoms with Crippen molar-refractivity contribution in [3.63, 3.8) is 0 Å². The van der Waals surface area contributed by atoms with Gasteiger partial charge in [-0.2, -0.15) is 0 Å². The minimum Gasteiger partial charge on any atom is -0.508 e. The van der Waals surface area contributed by atoms with Crippen molar-refractivity contribution in [2.75, 3.05) is 13.1 Å². The second-order valence-corrected chi connectivity index (χ2v) is 5.10. The Bertz CT molecular complexity index is 430. The Morgan fingerprint density at radius 3 is 2.89 bits per heavy atom. The zero-order valence-electron chi connectivity index (χ0n) is 11.4. The van der Waals surface area contributed by atoms with E-state index in [-0.39, 0.29) is 11.7 Å². The summed E-state index contributed by atoms with van der Waals surface area (Å²) in [5.41, 5.74) is 0.982. The molecule has 0 aromatic heterocycles. The molecule has 0 spiro atoms. The van der Waals surface area contributed by atoms with Gasteiger partial charge in [-0.05, 0) is 43.5 Å². The number of rotatable bonds is 7. The van der Waals surface area contributed by atoms with E-state index in [9.17, 15) is 9.90 Å². The fourth-order valence-electron chi connectivity index (χ4n) is 2.13. The SMILES string of the molecule is CCCNCC(=O)N(Cc1cccc(O)c1)C1CC1. The van der Waals surface area contributed by atoms with E-state index in [0.29, 0.717) is 19.1 Å². The van der Waals surface area contributed by atoms with E-state index in [2.05, 4.69) is 12.2 Å². The maximum absolute atomic E-state index is 12.2. The van der Waals surface area contributed by atoms with Crippen LogP contribution in [0.4, 0.5) is 0 Å². The smallest absolute Gasteiger partial charge is 0.237 e. The molecular weight excluding hydrogens is 240 g/mol. The van der Waals surface area contributed by atoms with E-state index in [0.717, 1.165) is 31.4 Å². The number of phenols is 1. The maximum atomic E-state index is 12.2. The predicted molar refractivity (Wildman–Crippen MR) is 74.8 cm³/mol. The highest BCUT2D eigenvalue weighted by atomic mass is 16.3. The Morgan fingerprint density at radius 1 is 1.47 bits per heavy atom. The van der Waals surface area contributed by atoms with Crippen LogP contribution in [0.3, 0.4) is 0 Å². The minimum atomic E-state index is 0.152. The highest BCUT2D eigenvalue weighted by Gasteiger charge is 2.32. The first-order valence-electron chi connectivity index (χ1n) is 6.98. The molecule has 1 aliphatic rings. The number of amides is 1. The second-order valence-electron chi connectivity index (χ2n) is 5.10. The number of nitrogens with one attached hydrogen (secondary N) is 1. The average molecular weight is 262 g/mol. The Labute approximate surface area is 114 Å². The molecule has 1 aliphatic carbocycles. The van der Waals surface area contributed by atoms with Crippen LogP contribution < -0.4 is 5.32 Å². The number of nitrogens with zero attached hydrogens (tertiary/aromatic N) is 1. The quantitative estimate of drug-likeness (QED) is 0.738. The van der Waals surface area contributed by atoms with Gasteiger partial charge in [0, 0.05) is 12.6 Å². The van der Waals surface area contributed by atoms with Crippen molar-refractivity contribution in [3.05, 3.63) is 29.8 Å². The third-order valence-corrected chi connectivity index (χ3v) is 3.27. The molecular formula is C15H22N2O2. The molecule has 1 fully saturated rings. The topological polar surface area (TPSA) is 52.6 Å².